The molecule has 0 aromatic rings. The van der Waals surface area contributed by atoms with Crippen molar-refractivity contribution in [2.45, 2.75) is 13.0 Å². The normalized spacial score (nSPS) is 31.2. The summed E-state index contributed by atoms with van der Waals surface area (Å²) in [5, 5.41) is 18.3. The summed E-state index contributed by atoms with van der Waals surface area (Å²) in [5.41, 5.74) is 0.762. The molecule has 0 heterocycles. The van der Waals surface area contributed by atoms with Gasteiger partial charge < -0.3 is 10.2 Å². The van der Waals surface area contributed by atoms with E-state index in [1.165, 1.54) is 0 Å². The third kappa shape index (κ3) is 1.52. The molecular formula is C9H14O2. The fourth-order valence-electron chi connectivity index (χ4n) is 1.25. The summed E-state index contributed by atoms with van der Waals surface area (Å²) < 4.78 is 0. The lowest BCUT2D eigenvalue weighted by atomic mass is 9.77. The lowest BCUT2D eigenvalue weighted by Gasteiger charge is -2.32. The molecule has 0 radical (unpaired) electrons. The van der Waals surface area contributed by atoms with Gasteiger partial charge in [0.15, 0.2) is 0 Å². The average Bonchev–Trinajstić information content (AvgIpc) is 1.86. The molecule has 3 atom stereocenters. The quantitative estimate of drug-likeness (QED) is 0.588. The first-order chi connectivity index (χ1) is 5.16. The molecule has 0 unspecified atom stereocenters. The highest BCUT2D eigenvalue weighted by molar-refractivity contribution is 5.17. The van der Waals surface area contributed by atoms with E-state index in [2.05, 4.69) is 6.58 Å². The Hall–Kier alpha value is -0.600. The first-order valence-corrected chi connectivity index (χ1v) is 3.79. The number of rotatable bonds is 3. The molecule has 62 valence electrons. The first kappa shape index (κ1) is 8.50. The van der Waals surface area contributed by atoms with E-state index in [1.807, 2.05) is 12.2 Å². The minimum atomic E-state index is -0.489. The summed E-state index contributed by atoms with van der Waals surface area (Å²) in [4.78, 5) is 0. The molecular weight excluding hydrogens is 140 g/mol. The van der Waals surface area contributed by atoms with E-state index in [4.69, 9.17) is 5.11 Å². The molecule has 1 aliphatic carbocycles. The van der Waals surface area contributed by atoms with Gasteiger partial charge in [0, 0.05) is 11.8 Å². The fourth-order valence-corrected chi connectivity index (χ4v) is 1.25. The van der Waals surface area contributed by atoms with E-state index < -0.39 is 6.10 Å². The van der Waals surface area contributed by atoms with E-state index in [0.717, 1.165) is 5.57 Å². The van der Waals surface area contributed by atoms with E-state index in [0.29, 0.717) is 0 Å². The van der Waals surface area contributed by atoms with E-state index in [9.17, 15) is 5.11 Å². The van der Waals surface area contributed by atoms with Crippen LogP contribution in [-0.2, 0) is 0 Å². The Morgan fingerprint density at radius 1 is 1.64 bits per heavy atom. The lowest BCUT2D eigenvalue weighted by Crippen LogP contribution is -2.33. The second-order valence-corrected chi connectivity index (χ2v) is 3.10. The third-order valence-corrected chi connectivity index (χ3v) is 2.16. The Morgan fingerprint density at radius 2 is 2.27 bits per heavy atom. The standard InChI is InChI=1S/C9H14O2/c1-6(2)9(11)8-4-3-7(8)5-10/h3-4,7-11H,1,5H2,2H3/t7-,8-,9+/m0/s1. The summed E-state index contributed by atoms with van der Waals surface area (Å²) in [6.45, 7) is 5.57. The van der Waals surface area contributed by atoms with Gasteiger partial charge in [0.2, 0.25) is 0 Å². The van der Waals surface area contributed by atoms with Gasteiger partial charge in [-0.15, -0.1) is 0 Å². The van der Waals surface area contributed by atoms with Crippen molar-refractivity contribution in [1.82, 2.24) is 0 Å². The van der Waals surface area contributed by atoms with Crippen LogP contribution in [-0.4, -0.2) is 22.9 Å². The van der Waals surface area contributed by atoms with Gasteiger partial charge in [0.1, 0.15) is 0 Å². The molecule has 0 spiro atoms. The van der Waals surface area contributed by atoms with E-state index >= 15 is 0 Å². The van der Waals surface area contributed by atoms with Crippen molar-refractivity contribution in [1.29, 1.82) is 0 Å². The molecule has 2 N–H and O–H groups in total. The third-order valence-electron chi connectivity index (χ3n) is 2.16. The molecule has 0 aromatic heterocycles. The first-order valence-electron chi connectivity index (χ1n) is 3.79. The van der Waals surface area contributed by atoms with Crippen molar-refractivity contribution < 1.29 is 10.2 Å². The van der Waals surface area contributed by atoms with Crippen LogP contribution in [0.25, 0.3) is 0 Å². The van der Waals surface area contributed by atoms with Crippen molar-refractivity contribution in [3.63, 3.8) is 0 Å². The molecule has 0 fully saturated rings. The zero-order chi connectivity index (χ0) is 8.43. The Kier molecular flexibility index (Phi) is 2.47. The molecule has 2 nitrogen and oxygen atoms in total. The van der Waals surface area contributed by atoms with Gasteiger partial charge in [-0.2, -0.15) is 0 Å². The predicted octanol–water partition coefficient (Wildman–Crippen LogP) is 0.718. The smallest absolute Gasteiger partial charge is 0.0813 e. The predicted molar refractivity (Wildman–Crippen MR) is 44.0 cm³/mol. The molecule has 0 aromatic carbocycles. The van der Waals surface area contributed by atoms with Crippen LogP contribution >= 0.6 is 0 Å². The average molecular weight is 154 g/mol. The maximum atomic E-state index is 9.49. The molecule has 0 bridgehead atoms. The van der Waals surface area contributed by atoms with Crippen molar-refractivity contribution in [2.75, 3.05) is 6.61 Å². The van der Waals surface area contributed by atoms with Crippen LogP contribution in [0.15, 0.2) is 24.3 Å². The molecule has 0 aliphatic heterocycles. The summed E-state index contributed by atoms with van der Waals surface area (Å²) in [6.07, 6.45) is 3.34. The minimum absolute atomic E-state index is 0.0810. The zero-order valence-corrected chi connectivity index (χ0v) is 6.70. The molecule has 0 saturated carbocycles. The van der Waals surface area contributed by atoms with Crippen molar-refractivity contribution in [3.8, 4) is 0 Å². The SMILES string of the molecule is C=C(C)[C@@H](O)[C@H]1C=C[C@H]1CO. The van der Waals surface area contributed by atoms with Gasteiger partial charge >= 0.3 is 0 Å². The summed E-state index contributed by atoms with van der Waals surface area (Å²) >= 11 is 0. The molecule has 0 amide bonds. The van der Waals surface area contributed by atoms with Gasteiger partial charge in [-0.25, -0.2) is 0 Å². The Labute approximate surface area is 66.9 Å². The topological polar surface area (TPSA) is 40.5 Å². The summed E-state index contributed by atoms with van der Waals surface area (Å²) in [5.74, 6) is 0.208. The minimum Gasteiger partial charge on any atom is -0.396 e. The second kappa shape index (κ2) is 3.20. The van der Waals surface area contributed by atoms with Gasteiger partial charge in [0.25, 0.3) is 0 Å². The maximum absolute atomic E-state index is 9.49. The number of aliphatic hydroxyl groups is 2. The van der Waals surface area contributed by atoms with E-state index in [-0.39, 0.29) is 18.4 Å². The number of aliphatic hydroxyl groups excluding tert-OH is 2. The lowest BCUT2D eigenvalue weighted by molar-refractivity contribution is 0.101. The molecule has 1 rings (SSSR count). The van der Waals surface area contributed by atoms with Crippen LogP contribution in [0.1, 0.15) is 6.92 Å². The van der Waals surface area contributed by atoms with Crippen LogP contribution in [0.4, 0.5) is 0 Å². The Balaban J connectivity index is 2.50. The number of hydrogen-bond acceptors (Lipinski definition) is 2. The van der Waals surface area contributed by atoms with Gasteiger partial charge in [-0.1, -0.05) is 24.3 Å². The second-order valence-electron chi connectivity index (χ2n) is 3.10. The van der Waals surface area contributed by atoms with E-state index in [1.54, 1.807) is 6.92 Å². The zero-order valence-electron chi connectivity index (χ0n) is 6.70. The van der Waals surface area contributed by atoms with Gasteiger partial charge in [0.05, 0.1) is 12.7 Å². The van der Waals surface area contributed by atoms with Crippen molar-refractivity contribution in [2.24, 2.45) is 11.8 Å². The van der Waals surface area contributed by atoms with Crippen LogP contribution in [0, 0.1) is 11.8 Å². The fraction of sp³-hybridized carbons (Fsp3) is 0.556. The molecule has 2 heteroatoms. The molecule has 1 aliphatic rings. The largest absolute Gasteiger partial charge is 0.396 e. The monoisotopic (exact) mass is 154 g/mol. The van der Waals surface area contributed by atoms with Gasteiger partial charge in [-0.3, -0.25) is 0 Å². The van der Waals surface area contributed by atoms with Crippen LogP contribution in [0.3, 0.4) is 0 Å². The van der Waals surface area contributed by atoms with Crippen molar-refractivity contribution in [3.05, 3.63) is 24.3 Å². The number of hydrogen-bond donors (Lipinski definition) is 2. The molecule has 11 heavy (non-hydrogen) atoms. The van der Waals surface area contributed by atoms with Gasteiger partial charge in [-0.05, 0) is 6.92 Å². The maximum Gasteiger partial charge on any atom is 0.0813 e. The Bertz CT molecular complexity index is 184. The van der Waals surface area contributed by atoms with Crippen LogP contribution in [0.2, 0.25) is 0 Å². The van der Waals surface area contributed by atoms with Crippen molar-refractivity contribution >= 4 is 0 Å². The summed E-state index contributed by atoms with van der Waals surface area (Å²) in [6, 6.07) is 0. The molecule has 0 saturated heterocycles. The van der Waals surface area contributed by atoms with Crippen LogP contribution in [0.5, 0.6) is 0 Å². The highest BCUT2D eigenvalue weighted by Crippen LogP contribution is 2.30. The van der Waals surface area contributed by atoms with Crippen LogP contribution < -0.4 is 0 Å². The Morgan fingerprint density at radius 3 is 2.55 bits per heavy atom. The highest BCUT2D eigenvalue weighted by atomic mass is 16.3. The summed E-state index contributed by atoms with van der Waals surface area (Å²) in [7, 11) is 0. The highest BCUT2D eigenvalue weighted by Gasteiger charge is 2.29.